The van der Waals surface area contributed by atoms with Gasteiger partial charge in [0.15, 0.2) is 0 Å². The normalized spacial score (nSPS) is 22.0. The number of piperidine rings is 2. The Bertz CT molecular complexity index is 428. The molecule has 2 fully saturated rings. The van der Waals surface area contributed by atoms with Crippen molar-refractivity contribution in [3.63, 3.8) is 0 Å². The van der Waals surface area contributed by atoms with Gasteiger partial charge in [0.25, 0.3) is 0 Å². The SMILES string of the molecule is CNCc1ccc(C2CCN(CC3CCNCC3)CC2)cc1. The monoisotopic (exact) mass is 301 g/mol. The van der Waals surface area contributed by atoms with E-state index in [-0.39, 0.29) is 0 Å². The molecule has 0 amide bonds. The van der Waals surface area contributed by atoms with E-state index in [1.807, 2.05) is 7.05 Å². The second kappa shape index (κ2) is 8.09. The van der Waals surface area contributed by atoms with Gasteiger partial charge in [0.1, 0.15) is 0 Å². The summed E-state index contributed by atoms with van der Waals surface area (Å²) in [6, 6.07) is 9.26. The van der Waals surface area contributed by atoms with Gasteiger partial charge in [-0.2, -0.15) is 0 Å². The molecule has 0 atom stereocenters. The number of nitrogens with zero attached hydrogens (tertiary/aromatic N) is 1. The zero-order chi connectivity index (χ0) is 15.2. The lowest BCUT2D eigenvalue weighted by atomic mass is 9.88. The summed E-state index contributed by atoms with van der Waals surface area (Å²) in [4.78, 5) is 2.71. The molecule has 0 unspecified atom stereocenters. The molecule has 0 aromatic heterocycles. The summed E-state index contributed by atoms with van der Waals surface area (Å²) in [7, 11) is 2.01. The molecule has 2 saturated heterocycles. The Balaban J connectivity index is 1.46. The molecule has 0 saturated carbocycles. The molecule has 1 aromatic carbocycles. The van der Waals surface area contributed by atoms with Gasteiger partial charge in [-0.1, -0.05) is 24.3 Å². The molecular weight excluding hydrogens is 270 g/mol. The minimum absolute atomic E-state index is 0.771. The van der Waals surface area contributed by atoms with Gasteiger partial charge in [0, 0.05) is 13.1 Å². The smallest absolute Gasteiger partial charge is 0.0202 e. The first-order valence-electron chi connectivity index (χ1n) is 9.01. The molecule has 0 aliphatic carbocycles. The fraction of sp³-hybridized carbons (Fsp3) is 0.684. The van der Waals surface area contributed by atoms with E-state index >= 15 is 0 Å². The van der Waals surface area contributed by atoms with Crippen LogP contribution in [0.25, 0.3) is 0 Å². The number of hydrogen-bond acceptors (Lipinski definition) is 3. The van der Waals surface area contributed by atoms with E-state index in [2.05, 4.69) is 39.8 Å². The van der Waals surface area contributed by atoms with Crippen molar-refractivity contribution in [3.05, 3.63) is 35.4 Å². The Labute approximate surface area is 135 Å². The first kappa shape index (κ1) is 16.0. The van der Waals surface area contributed by atoms with Crippen LogP contribution in [0, 0.1) is 5.92 Å². The van der Waals surface area contributed by atoms with Crippen LogP contribution in [0.5, 0.6) is 0 Å². The summed E-state index contributed by atoms with van der Waals surface area (Å²) in [5.74, 6) is 1.70. The maximum atomic E-state index is 3.47. The summed E-state index contributed by atoms with van der Waals surface area (Å²) in [5, 5.41) is 6.69. The minimum Gasteiger partial charge on any atom is -0.317 e. The van der Waals surface area contributed by atoms with Gasteiger partial charge in [0.2, 0.25) is 0 Å². The van der Waals surface area contributed by atoms with Gasteiger partial charge in [-0.15, -0.1) is 0 Å². The maximum Gasteiger partial charge on any atom is 0.0202 e. The number of benzene rings is 1. The summed E-state index contributed by atoms with van der Waals surface area (Å²) in [6.07, 6.45) is 5.40. The Hall–Kier alpha value is -0.900. The standard InChI is InChI=1S/C19H31N3/c1-20-14-16-2-4-18(5-3-16)19-8-12-22(13-9-19)15-17-6-10-21-11-7-17/h2-5,17,19-21H,6-15H2,1H3. The lowest BCUT2D eigenvalue weighted by molar-refractivity contribution is 0.167. The second-order valence-corrected chi connectivity index (χ2v) is 7.04. The summed E-state index contributed by atoms with van der Waals surface area (Å²) in [6.45, 7) is 7.31. The van der Waals surface area contributed by atoms with Gasteiger partial charge in [-0.3, -0.25) is 0 Å². The lowest BCUT2D eigenvalue weighted by Crippen LogP contribution is -2.39. The van der Waals surface area contributed by atoms with Crippen LogP contribution in [-0.4, -0.2) is 44.7 Å². The quantitative estimate of drug-likeness (QED) is 0.875. The topological polar surface area (TPSA) is 27.3 Å². The van der Waals surface area contributed by atoms with Crippen molar-refractivity contribution in [2.24, 2.45) is 5.92 Å². The number of nitrogens with one attached hydrogen (secondary N) is 2. The third-order valence-electron chi connectivity index (χ3n) is 5.39. The van der Waals surface area contributed by atoms with Crippen molar-refractivity contribution in [2.75, 3.05) is 39.8 Å². The fourth-order valence-corrected chi connectivity index (χ4v) is 3.99. The minimum atomic E-state index is 0.771. The lowest BCUT2D eigenvalue weighted by Gasteiger charge is -2.35. The molecule has 22 heavy (non-hydrogen) atoms. The summed E-state index contributed by atoms with van der Waals surface area (Å²) < 4.78 is 0. The number of likely N-dealkylation sites (tertiary alicyclic amines) is 1. The van der Waals surface area contributed by atoms with Crippen molar-refractivity contribution < 1.29 is 0 Å². The highest BCUT2D eigenvalue weighted by Crippen LogP contribution is 2.29. The van der Waals surface area contributed by atoms with E-state index in [1.54, 1.807) is 5.56 Å². The molecule has 0 spiro atoms. The van der Waals surface area contributed by atoms with Crippen LogP contribution in [-0.2, 0) is 6.54 Å². The van der Waals surface area contributed by atoms with Gasteiger partial charge in [0.05, 0.1) is 0 Å². The first-order chi connectivity index (χ1) is 10.8. The molecule has 3 rings (SSSR count). The first-order valence-corrected chi connectivity index (χ1v) is 9.01. The van der Waals surface area contributed by atoms with E-state index in [0.717, 1.165) is 18.4 Å². The molecule has 3 nitrogen and oxygen atoms in total. The molecular formula is C19H31N3. The third kappa shape index (κ3) is 4.31. The third-order valence-corrected chi connectivity index (χ3v) is 5.39. The average Bonchev–Trinajstić information content (AvgIpc) is 2.58. The molecule has 2 aliphatic heterocycles. The molecule has 3 heteroatoms. The van der Waals surface area contributed by atoms with Crippen LogP contribution < -0.4 is 10.6 Å². The zero-order valence-corrected chi connectivity index (χ0v) is 14.0. The molecule has 1 aromatic rings. The highest BCUT2D eigenvalue weighted by molar-refractivity contribution is 5.25. The van der Waals surface area contributed by atoms with Gasteiger partial charge in [-0.25, -0.2) is 0 Å². The van der Waals surface area contributed by atoms with Crippen LogP contribution in [0.2, 0.25) is 0 Å². The maximum absolute atomic E-state index is 3.47. The van der Waals surface area contributed by atoms with Crippen molar-refractivity contribution >= 4 is 0 Å². The second-order valence-electron chi connectivity index (χ2n) is 7.04. The van der Waals surface area contributed by atoms with E-state index in [4.69, 9.17) is 0 Å². The van der Waals surface area contributed by atoms with Crippen molar-refractivity contribution in [2.45, 2.75) is 38.1 Å². The summed E-state index contributed by atoms with van der Waals surface area (Å²) >= 11 is 0. The summed E-state index contributed by atoms with van der Waals surface area (Å²) in [5.41, 5.74) is 2.93. The largest absolute Gasteiger partial charge is 0.317 e. The highest BCUT2D eigenvalue weighted by Gasteiger charge is 2.23. The van der Waals surface area contributed by atoms with E-state index < -0.39 is 0 Å². The van der Waals surface area contributed by atoms with Crippen LogP contribution in [0.4, 0.5) is 0 Å². The number of rotatable bonds is 5. The van der Waals surface area contributed by atoms with Gasteiger partial charge >= 0.3 is 0 Å². The average molecular weight is 301 g/mol. The van der Waals surface area contributed by atoms with E-state index in [9.17, 15) is 0 Å². The zero-order valence-electron chi connectivity index (χ0n) is 14.0. The highest BCUT2D eigenvalue weighted by atomic mass is 15.1. The molecule has 0 radical (unpaired) electrons. The Morgan fingerprint density at radius 2 is 1.73 bits per heavy atom. The van der Waals surface area contributed by atoms with Crippen molar-refractivity contribution in [3.8, 4) is 0 Å². The Morgan fingerprint density at radius 3 is 2.36 bits per heavy atom. The Kier molecular flexibility index (Phi) is 5.88. The van der Waals surface area contributed by atoms with Crippen LogP contribution in [0.3, 0.4) is 0 Å². The predicted octanol–water partition coefficient (Wildman–Crippen LogP) is 2.59. The van der Waals surface area contributed by atoms with Gasteiger partial charge < -0.3 is 15.5 Å². The molecule has 2 aliphatic rings. The van der Waals surface area contributed by atoms with Crippen LogP contribution in [0.1, 0.15) is 42.7 Å². The fourth-order valence-electron chi connectivity index (χ4n) is 3.99. The van der Waals surface area contributed by atoms with E-state index in [1.165, 1.54) is 64.0 Å². The van der Waals surface area contributed by atoms with Crippen molar-refractivity contribution in [1.29, 1.82) is 0 Å². The molecule has 122 valence electrons. The van der Waals surface area contributed by atoms with E-state index in [0.29, 0.717) is 0 Å². The Morgan fingerprint density at radius 1 is 1.05 bits per heavy atom. The van der Waals surface area contributed by atoms with Crippen LogP contribution in [0.15, 0.2) is 24.3 Å². The predicted molar refractivity (Wildman–Crippen MR) is 93.2 cm³/mol. The molecule has 0 bridgehead atoms. The molecule has 2 N–H and O–H groups in total. The van der Waals surface area contributed by atoms with Crippen molar-refractivity contribution in [1.82, 2.24) is 15.5 Å². The number of hydrogen-bond donors (Lipinski definition) is 2. The van der Waals surface area contributed by atoms with Gasteiger partial charge in [-0.05, 0) is 81.9 Å². The molecule has 2 heterocycles. The van der Waals surface area contributed by atoms with Crippen LogP contribution >= 0.6 is 0 Å².